The zero-order valence-corrected chi connectivity index (χ0v) is 24.0. The van der Waals surface area contributed by atoms with E-state index < -0.39 is 11.6 Å². The highest BCUT2D eigenvalue weighted by molar-refractivity contribution is 6.47. The number of carboxylic acids is 1. The first-order valence-electron chi connectivity index (χ1n) is 14.3. The van der Waals surface area contributed by atoms with E-state index in [9.17, 15) is 14.4 Å². The van der Waals surface area contributed by atoms with Gasteiger partial charge in [0, 0.05) is 22.7 Å². The van der Waals surface area contributed by atoms with E-state index >= 15 is 0 Å². The number of aryl methyl sites for hydroxylation is 1. The molecule has 1 aromatic carbocycles. The molecule has 1 atom stereocenters. The summed E-state index contributed by atoms with van der Waals surface area (Å²) in [7, 11) is 0. The first-order chi connectivity index (χ1) is 18.7. The lowest BCUT2D eigenvalue weighted by Gasteiger charge is -2.46. The zero-order valence-electron chi connectivity index (χ0n) is 23.3. The Hall–Kier alpha value is -2.93. The van der Waals surface area contributed by atoms with Crippen molar-refractivity contribution in [1.29, 1.82) is 0 Å². The molecule has 3 aliphatic rings. The summed E-state index contributed by atoms with van der Waals surface area (Å²) < 4.78 is 0. The fourth-order valence-corrected chi connectivity index (χ4v) is 6.33. The maximum absolute atomic E-state index is 14.3. The summed E-state index contributed by atoms with van der Waals surface area (Å²) in [5.41, 5.74) is 3.59. The van der Waals surface area contributed by atoms with Crippen LogP contribution in [0, 0.1) is 5.92 Å². The number of nitrogens with zero attached hydrogens (tertiary/aromatic N) is 2. The fourth-order valence-electron chi connectivity index (χ4n) is 6.07. The van der Waals surface area contributed by atoms with Gasteiger partial charge in [-0.1, -0.05) is 50.9 Å². The van der Waals surface area contributed by atoms with Crippen molar-refractivity contribution in [2.45, 2.75) is 96.7 Å². The summed E-state index contributed by atoms with van der Waals surface area (Å²) in [6.07, 6.45) is 11.2. The highest BCUT2D eigenvalue weighted by Gasteiger charge is 2.51. The van der Waals surface area contributed by atoms with Crippen molar-refractivity contribution < 1.29 is 19.5 Å². The van der Waals surface area contributed by atoms with Crippen molar-refractivity contribution in [3.05, 3.63) is 57.6 Å². The highest BCUT2D eigenvalue weighted by Crippen LogP contribution is 2.45. The molecule has 1 aromatic rings. The molecule has 8 heteroatoms. The third kappa shape index (κ3) is 6.46. The fraction of sp³-hybridized carbons (Fsp3) is 0.548. The molecule has 0 saturated heterocycles. The minimum atomic E-state index is -0.941. The normalized spacial score (nSPS) is 23.8. The average molecular weight is 554 g/mol. The van der Waals surface area contributed by atoms with Crippen molar-refractivity contribution in [1.82, 2.24) is 10.2 Å². The molecule has 210 valence electrons. The molecule has 1 fully saturated rings. The van der Waals surface area contributed by atoms with Crippen LogP contribution in [0.3, 0.4) is 0 Å². The second-order valence-electron chi connectivity index (χ2n) is 11.1. The van der Waals surface area contributed by atoms with Gasteiger partial charge in [0.05, 0.1) is 12.5 Å². The number of carbonyl (C=O) groups is 3. The molecule has 39 heavy (non-hydrogen) atoms. The molecular weight excluding hydrogens is 514 g/mol. The number of nitrogens with one attached hydrogen (secondary N) is 1. The van der Waals surface area contributed by atoms with Gasteiger partial charge in [0.25, 0.3) is 5.91 Å². The van der Waals surface area contributed by atoms with Gasteiger partial charge >= 0.3 is 5.97 Å². The lowest BCUT2D eigenvalue weighted by Crippen LogP contribution is -2.54. The maximum atomic E-state index is 14.3. The first-order valence-corrected chi connectivity index (χ1v) is 14.7. The van der Waals surface area contributed by atoms with Crippen LogP contribution in [0.2, 0.25) is 5.02 Å². The summed E-state index contributed by atoms with van der Waals surface area (Å²) in [6.45, 7) is 6.58. The minimum Gasteiger partial charge on any atom is -0.481 e. The Morgan fingerprint density at radius 2 is 1.92 bits per heavy atom. The van der Waals surface area contributed by atoms with Crippen molar-refractivity contribution >= 4 is 35.1 Å². The number of carbonyl (C=O) groups excluding carboxylic acids is 2. The smallest absolute Gasteiger partial charge is 0.305 e. The van der Waals surface area contributed by atoms with E-state index in [0.717, 1.165) is 61.6 Å². The van der Waals surface area contributed by atoms with Crippen LogP contribution in [0.15, 0.2) is 46.5 Å². The van der Waals surface area contributed by atoms with Crippen molar-refractivity contribution in [3.8, 4) is 0 Å². The molecule has 0 aromatic heterocycles. The van der Waals surface area contributed by atoms with Crippen molar-refractivity contribution in [2.75, 3.05) is 6.54 Å². The van der Waals surface area contributed by atoms with Gasteiger partial charge in [-0.15, -0.1) is 0 Å². The van der Waals surface area contributed by atoms with Crippen LogP contribution in [0.1, 0.15) is 89.7 Å². The van der Waals surface area contributed by atoms with Gasteiger partial charge in [0.2, 0.25) is 5.91 Å². The number of aliphatic carboxylic acids is 1. The predicted octanol–water partition coefficient (Wildman–Crippen LogP) is 5.85. The number of rotatable bonds is 10. The van der Waals surface area contributed by atoms with Crippen LogP contribution in [0.25, 0.3) is 0 Å². The molecule has 1 aliphatic heterocycles. The van der Waals surface area contributed by atoms with E-state index in [0.29, 0.717) is 35.1 Å². The Labute approximate surface area is 236 Å². The minimum absolute atomic E-state index is 0.0330. The second kappa shape index (κ2) is 12.5. The van der Waals surface area contributed by atoms with E-state index in [1.165, 1.54) is 0 Å². The van der Waals surface area contributed by atoms with E-state index in [-0.39, 0.29) is 30.8 Å². The molecule has 1 heterocycles. The number of carboxylic acid groups (broad SMARTS) is 1. The standard InChI is InChI=1S/C31H40ClN3O4/c1-4-6-26(22-7-9-23(10-8-22)29(38)33-16-13-27(36)37)35-30(39)28(24-17-21(5-2)18-25(32)19-24)34-31(35)14-11-20(3)12-15-31/h7,9,17-20,26H,4-6,8,10-16H2,1-3H3,(H,33,38)(H,36,37). The van der Waals surface area contributed by atoms with E-state index in [1.807, 2.05) is 30.4 Å². The van der Waals surface area contributed by atoms with Crippen LogP contribution in [0.4, 0.5) is 0 Å². The van der Waals surface area contributed by atoms with Crippen molar-refractivity contribution in [3.63, 3.8) is 0 Å². The molecular formula is C31H40ClN3O4. The van der Waals surface area contributed by atoms with Gasteiger partial charge in [-0.3, -0.25) is 19.4 Å². The summed E-state index contributed by atoms with van der Waals surface area (Å²) in [6, 6.07) is 5.73. The molecule has 0 radical (unpaired) electrons. The number of aliphatic imine (C=N–C) groups is 1. The third-order valence-electron chi connectivity index (χ3n) is 8.30. The Kier molecular flexibility index (Phi) is 9.31. The monoisotopic (exact) mass is 553 g/mol. The highest BCUT2D eigenvalue weighted by atomic mass is 35.5. The molecule has 0 bridgehead atoms. The molecule has 1 saturated carbocycles. The quantitative estimate of drug-likeness (QED) is 0.380. The van der Waals surface area contributed by atoms with Crippen LogP contribution < -0.4 is 5.32 Å². The van der Waals surface area contributed by atoms with Crippen LogP contribution in [-0.4, -0.2) is 51.8 Å². The summed E-state index contributed by atoms with van der Waals surface area (Å²) in [5, 5.41) is 12.1. The van der Waals surface area contributed by atoms with Gasteiger partial charge in [-0.2, -0.15) is 0 Å². The van der Waals surface area contributed by atoms with E-state index in [1.54, 1.807) is 0 Å². The van der Waals surface area contributed by atoms with Gasteiger partial charge in [-0.05, 0) is 86.6 Å². The Balaban J connectivity index is 1.66. The number of benzene rings is 1. The third-order valence-corrected chi connectivity index (χ3v) is 8.52. The van der Waals surface area contributed by atoms with Gasteiger partial charge in [-0.25, -0.2) is 0 Å². The van der Waals surface area contributed by atoms with Gasteiger partial charge in [0.15, 0.2) is 0 Å². The van der Waals surface area contributed by atoms with E-state index in [4.69, 9.17) is 21.7 Å². The van der Waals surface area contributed by atoms with Gasteiger partial charge < -0.3 is 15.3 Å². The van der Waals surface area contributed by atoms with E-state index in [2.05, 4.69) is 31.0 Å². The van der Waals surface area contributed by atoms with Crippen LogP contribution in [0.5, 0.6) is 0 Å². The number of hydrogen-bond donors (Lipinski definition) is 2. The average Bonchev–Trinajstić information content (AvgIpc) is 3.20. The topological polar surface area (TPSA) is 99.1 Å². The molecule has 7 nitrogen and oxygen atoms in total. The van der Waals surface area contributed by atoms with Crippen LogP contribution >= 0.6 is 11.6 Å². The molecule has 4 rings (SSSR count). The largest absolute Gasteiger partial charge is 0.481 e. The summed E-state index contributed by atoms with van der Waals surface area (Å²) in [5.74, 6) is -0.598. The number of amides is 2. The molecule has 2 N–H and O–H groups in total. The second-order valence-corrected chi connectivity index (χ2v) is 11.6. The maximum Gasteiger partial charge on any atom is 0.305 e. The number of halogens is 1. The Morgan fingerprint density at radius 3 is 2.54 bits per heavy atom. The molecule has 1 spiro atoms. The number of hydrogen-bond acceptors (Lipinski definition) is 4. The Morgan fingerprint density at radius 1 is 1.18 bits per heavy atom. The van der Waals surface area contributed by atoms with Crippen molar-refractivity contribution in [2.24, 2.45) is 10.9 Å². The SMILES string of the molecule is CCCC(C1=CC=C(C(=O)NCCC(=O)O)CC1)N1C(=O)C(c2cc(Cl)cc(CC)c2)=NC12CCC(C)CC2. The first kappa shape index (κ1) is 29.1. The summed E-state index contributed by atoms with van der Waals surface area (Å²) >= 11 is 6.45. The lowest BCUT2D eigenvalue weighted by atomic mass is 9.80. The summed E-state index contributed by atoms with van der Waals surface area (Å²) in [4.78, 5) is 44.9. The molecule has 2 aliphatic carbocycles. The zero-order chi connectivity index (χ0) is 28.2. The molecule has 1 unspecified atom stereocenters. The Bertz CT molecular complexity index is 1210. The van der Waals surface area contributed by atoms with Crippen LogP contribution in [-0.2, 0) is 20.8 Å². The number of allylic oxidation sites excluding steroid dienone is 2. The molecule has 2 amide bonds. The van der Waals surface area contributed by atoms with Gasteiger partial charge in [0.1, 0.15) is 11.4 Å². The predicted molar refractivity (Wildman–Crippen MR) is 154 cm³/mol. The lowest BCUT2D eigenvalue weighted by molar-refractivity contribution is -0.137.